The third-order valence-corrected chi connectivity index (χ3v) is 4.32. The van der Waals surface area contributed by atoms with Crippen molar-refractivity contribution in [1.29, 1.82) is 0 Å². The van der Waals surface area contributed by atoms with Gasteiger partial charge in [0.05, 0.1) is 5.02 Å². The monoisotopic (exact) mass is 331 g/mol. The Morgan fingerprint density at radius 3 is 2.25 bits per heavy atom. The highest BCUT2D eigenvalue weighted by Gasteiger charge is 2.48. The number of alkyl halides is 3. The Kier molecular flexibility index (Phi) is 5.34. The zero-order chi connectivity index (χ0) is 15.7. The minimum Gasteiger partial charge on any atom is -0.598 e. The molecule has 1 N–H and O–H groups in total. The van der Waals surface area contributed by atoms with E-state index in [0.29, 0.717) is 0 Å². The fourth-order valence-corrected chi connectivity index (χ4v) is 2.20. The standard InChI is InChI=1S/C12H14ClF4NOS/c1-11(2,3)20(19)18-12(17,10(15)16)7-4-5-9(14)8(13)6-7/h4-6,10,18H,1-3H3. The smallest absolute Gasteiger partial charge is 0.293 e. The molecule has 0 saturated carbocycles. The average Bonchev–Trinajstić information content (AvgIpc) is 2.30. The fourth-order valence-electron chi connectivity index (χ4n) is 1.24. The van der Waals surface area contributed by atoms with Gasteiger partial charge in [-0.25, -0.2) is 17.6 Å². The number of hydrogen-bond donors (Lipinski definition) is 1. The van der Waals surface area contributed by atoms with Crippen LogP contribution in [0.4, 0.5) is 17.6 Å². The molecular formula is C12H14ClF4NOS. The minimum absolute atomic E-state index is 0.492. The van der Waals surface area contributed by atoms with E-state index in [9.17, 15) is 22.1 Å². The van der Waals surface area contributed by atoms with Gasteiger partial charge in [-0.1, -0.05) is 22.4 Å². The summed E-state index contributed by atoms with van der Waals surface area (Å²) in [6.07, 6.45) is -3.50. The second-order valence-electron chi connectivity index (χ2n) is 5.12. The van der Waals surface area contributed by atoms with Gasteiger partial charge in [-0.3, -0.25) is 0 Å². The number of benzene rings is 1. The largest absolute Gasteiger partial charge is 0.598 e. The Morgan fingerprint density at radius 1 is 1.30 bits per heavy atom. The van der Waals surface area contributed by atoms with Crippen LogP contribution in [0.1, 0.15) is 26.3 Å². The Hall–Kier alpha value is -0.500. The van der Waals surface area contributed by atoms with Gasteiger partial charge >= 0.3 is 0 Å². The topological polar surface area (TPSA) is 35.1 Å². The van der Waals surface area contributed by atoms with Crippen molar-refractivity contribution in [2.45, 2.75) is 37.7 Å². The zero-order valence-corrected chi connectivity index (χ0v) is 12.6. The van der Waals surface area contributed by atoms with Crippen molar-refractivity contribution in [3.05, 3.63) is 34.6 Å². The molecule has 114 valence electrons. The van der Waals surface area contributed by atoms with Crippen molar-refractivity contribution < 1.29 is 22.1 Å². The first-order chi connectivity index (χ1) is 8.98. The third kappa shape index (κ3) is 3.78. The Labute approximate surface area is 122 Å². The summed E-state index contributed by atoms with van der Waals surface area (Å²) in [5, 5.41) is -0.492. The van der Waals surface area contributed by atoms with Crippen LogP contribution in [0.5, 0.6) is 0 Å². The quantitative estimate of drug-likeness (QED) is 0.515. The molecule has 1 rings (SSSR count). The summed E-state index contributed by atoms with van der Waals surface area (Å²) in [7, 11) is 0. The lowest BCUT2D eigenvalue weighted by atomic mass is 10.1. The molecule has 0 aliphatic rings. The molecule has 1 aromatic carbocycles. The molecule has 8 heteroatoms. The summed E-state index contributed by atoms with van der Waals surface area (Å²) in [6, 6.07) is 2.35. The van der Waals surface area contributed by atoms with Crippen LogP contribution in [-0.2, 0) is 17.2 Å². The molecule has 2 nitrogen and oxygen atoms in total. The summed E-state index contributed by atoms with van der Waals surface area (Å²) in [5.41, 5.74) is -0.587. The first-order valence-corrected chi connectivity index (χ1v) is 7.13. The maximum absolute atomic E-state index is 14.5. The van der Waals surface area contributed by atoms with Crippen molar-refractivity contribution in [2.24, 2.45) is 0 Å². The van der Waals surface area contributed by atoms with Gasteiger partial charge in [-0.2, -0.15) is 0 Å². The molecule has 2 unspecified atom stereocenters. The normalized spacial score (nSPS) is 17.1. The predicted molar refractivity (Wildman–Crippen MR) is 71.2 cm³/mol. The van der Waals surface area contributed by atoms with E-state index in [1.165, 1.54) is 20.8 Å². The zero-order valence-electron chi connectivity index (χ0n) is 11.0. The lowest BCUT2D eigenvalue weighted by Crippen LogP contribution is -2.52. The molecule has 0 heterocycles. The molecule has 0 aliphatic heterocycles. The van der Waals surface area contributed by atoms with E-state index >= 15 is 0 Å². The Morgan fingerprint density at radius 2 is 1.85 bits per heavy atom. The van der Waals surface area contributed by atoms with Crippen LogP contribution < -0.4 is 4.72 Å². The number of halogens is 5. The summed E-state index contributed by atoms with van der Waals surface area (Å²) in [5.74, 6) is -4.24. The van der Waals surface area contributed by atoms with E-state index in [1.807, 2.05) is 0 Å². The average molecular weight is 332 g/mol. The van der Waals surface area contributed by atoms with Crippen LogP contribution in [0.3, 0.4) is 0 Å². The van der Waals surface area contributed by atoms with E-state index in [-0.39, 0.29) is 0 Å². The van der Waals surface area contributed by atoms with Gasteiger partial charge in [0.1, 0.15) is 10.6 Å². The molecular weight excluding hydrogens is 318 g/mol. The molecule has 0 aromatic heterocycles. The first kappa shape index (κ1) is 17.6. The lowest BCUT2D eigenvalue weighted by molar-refractivity contribution is -0.0477. The SMILES string of the molecule is CC(C)(C)[S+]([O-])NC(F)(c1ccc(F)c(Cl)c1)C(F)F. The van der Waals surface area contributed by atoms with E-state index in [0.717, 1.165) is 18.2 Å². The highest BCUT2D eigenvalue weighted by Crippen LogP contribution is 2.34. The Bertz CT molecular complexity index is 483. The van der Waals surface area contributed by atoms with Crippen LogP contribution >= 0.6 is 11.6 Å². The van der Waals surface area contributed by atoms with Crippen molar-refractivity contribution in [3.8, 4) is 0 Å². The predicted octanol–water partition coefficient (Wildman–Crippen LogP) is 3.92. The Balaban J connectivity index is 3.18. The van der Waals surface area contributed by atoms with Crippen molar-refractivity contribution >= 4 is 23.0 Å². The minimum atomic E-state index is -3.50. The van der Waals surface area contributed by atoms with Crippen LogP contribution in [0.25, 0.3) is 0 Å². The summed E-state index contributed by atoms with van der Waals surface area (Å²) in [4.78, 5) is 0. The lowest BCUT2D eigenvalue weighted by Gasteiger charge is -2.31. The molecule has 20 heavy (non-hydrogen) atoms. The van der Waals surface area contributed by atoms with Gasteiger partial charge in [0.25, 0.3) is 12.2 Å². The highest BCUT2D eigenvalue weighted by atomic mass is 35.5. The molecule has 0 fully saturated rings. The van der Waals surface area contributed by atoms with Gasteiger partial charge in [0.2, 0.25) is 0 Å². The number of nitrogens with one attached hydrogen (secondary N) is 1. The second kappa shape index (κ2) is 6.09. The number of hydrogen-bond acceptors (Lipinski definition) is 2. The van der Waals surface area contributed by atoms with E-state index in [2.05, 4.69) is 0 Å². The van der Waals surface area contributed by atoms with Gasteiger partial charge in [-0.05, 0) is 32.9 Å². The molecule has 2 atom stereocenters. The van der Waals surface area contributed by atoms with Gasteiger partial charge in [0.15, 0.2) is 0 Å². The van der Waals surface area contributed by atoms with Crippen LogP contribution in [0.15, 0.2) is 18.2 Å². The number of rotatable bonds is 4. The van der Waals surface area contributed by atoms with Crippen LogP contribution in [-0.4, -0.2) is 15.7 Å². The maximum Gasteiger partial charge on any atom is 0.293 e. The summed E-state index contributed by atoms with van der Waals surface area (Å²) < 4.78 is 66.3. The molecule has 0 spiro atoms. The van der Waals surface area contributed by atoms with E-state index in [4.69, 9.17) is 11.6 Å². The molecule has 0 amide bonds. The molecule has 1 aromatic rings. The van der Waals surface area contributed by atoms with Gasteiger partial charge in [0, 0.05) is 16.9 Å². The van der Waals surface area contributed by atoms with Crippen molar-refractivity contribution in [3.63, 3.8) is 0 Å². The summed E-state index contributed by atoms with van der Waals surface area (Å²) in [6.45, 7) is 4.50. The van der Waals surface area contributed by atoms with Crippen molar-refractivity contribution in [2.75, 3.05) is 0 Å². The molecule has 0 radical (unpaired) electrons. The third-order valence-electron chi connectivity index (χ3n) is 2.44. The van der Waals surface area contributed by atoms with Gasteiger partial charge in [-0.15, -0.1) is 0 Å². The molecule has 0 saturated heterocycles. The van der Waals surface area contributed by atoms with Crippen LogP contribution in [0, 0.1) is 5.82 Å². The van der Waals surface area contributed by atoms with Crippen molar-refractivity contribution in [1.82, 2.24) is 4.72 Å². The maximum atomic E-state index is 14.5. The van der Waals surface area contributed by atoms with Crippen LogP contribution in [0.2, 0.25) is 5.02 Å². The first-order valence-electron chi connectivity index (χ1n) is 5.61. The van der Waals surface area contributed by atoms with E-state index < -0.39 is 44.7 Å². The second-order valence-corrected chi connectivity index (χ2v) is 7.50. The van der Waals surface area contributed by atoms with E-state index in [1.54, 1.807) is 4.72 Å². The molecule has 0 aliphatic carbocycles. The summed E-state index contributed by atoms with van der Waals surface area (Å²) >= 11 is 3.38. The molecule has 0 bridgehead atoms. The van der Waals surface area contributed by atoms with Gasteiger partial charge < -0.3 is 4.55 Å². The fraction of sp³-hybridized carbons (Fsp3) is 0.500. The highest BCUT2D eigenvalue weighted by molar-refractivity contribution is 7.90.